The van der Waals surface area contributed by atoms with Crippen molar-refractivity contribution in [1.29, 1.82) is 0 Å². The quantitative estimate of drug-likeness (QED) is 0.545. The third-order valence-electron chi connectivity index (χ3n) is 5.39. The molecule has 3 fully saturated rings. The zero-order chi connectivity index (χ0) is 21.7. The van der Waals surface area contributed by atoms with Gasteiger partial charge in [0.2, 0.25) is 0 Å². The van der Waals surface area contributed by atoms with Gasteiger partial charge in [-0.25, -0.2) is 4.79 Å². The van der Waals surface area contributed by atoms with Crippen molar-refractivity contribution >= 4 is 11.5 Å². The number of hydrogen-bond donors (Lipinski definition) is 0. The minimum atomic E-state index is -0.869. The normalized spacial score (nSPS) is 33.0. The fraction of sp³-hybridized carbons (Fsp3) is 0.591. The van der Waals surface area contributed by atoms with Crippen molar-refractivity contribution in [3.05, 3.63) is 35.6 Å². The van der Waals surface area contributed by atoms with Crippen LogP contribution >= 0.6 is 0 Å². The Bertz CT molecular complexity index is 841. The Morgan fingerprint density at radius 3 is 2.27 bits per heavy atom. The zero-order valence-electron chi connectivity index (χ0n) is 18.1. The summed E-state index contributed by atoms with van der Waals surface area (Å²) in [5.41, 5.74) is 0.904. The summed E-state index contributed by atoms with van der Waals surface area (Å²) >= 11 is 0. The van der Waals surface area contributed by atoms with Gasteiger partial charge in [0.05, 0.1) is 20.8 Å². The number of fused-ring (bicyclic) bond motifs is 3. The molecule has 1 aromatic rings. The van der Waals surface area contributed by atoms with Crippen LogP contribution < -0.4 is 4.74 Å². The van der Waals surface area contributed by atoms with Crippen molar-refractivity contribution in [2.75, 3.05) is 20.8 Å². The molecule has 0 amide bonds. The second kappa shape index (κ2) is 7.53. The highest BCUT2D eigenvalue weighted by molar-refractivity contribution is 6.17. The number of carbonyl (C=O) groups is 1. The van der Waals surface area contributed by atoms with E-state index in [1.54, 1.807) is 31.4 Å². The average molecular weight is 420 g/mol. The van der Waals surface area contributed by atoms with Crippen molar-refractivity contribution in [1.82, 2.24) is 0 Å². The van der Waals surface area contributed by atoms with E-state index in [0.717, 1.165) is 0 Å². The molecule has 0 unspecified atom stereocenters. The molecule has 0 spiro atoms. The van der Waals surface area contributed by atoms with Crippen LogP contribution in [-0.4, -0.2) is 62.8 Å². The van der Waals surface area contributed by atoms with Crippen LogP contribution in [0.15, 0.2) is 30.0 Å². The fourth-order valence-corrected chi connectivity index (χ4v) is 4.08. The minimum absolute atomic E-state index is 0.278. The van der Waals surface area contributed by atoms with Crippen LogP contribution in [-0.2, 0) is 33.2 Å². The second-order valence-electron chi connectivity index (χ2n) is 8.43. The molecule has 4 atom stereocenters. The molecule has 0 bridgehead atoms. The summed E-state index contributed by atoms with van der Waals surface area (Å²) in [6, 6.07) is 7.10. The van der Waals surface area contributed by atoms with Crippen molar-refractivity contribution in [3.8, 4) is 5.75 Å². The molecule has 0 aromatic heterocycles. The molecule has 8 nitrogen and oxygen atoms in total. The Hall–Kier alpha value is -2.13. The summed E-state index contributed by atoms with van der Waals surface area (Å²) in [5.74, 6) is -1.14. The first kappa shape index (κ1) is 21.1. The first-order valence-corrected chi connectivity index (χ1v) is 9.95. The number of carbonyl (C=O) groups excluding carboxylic acids is 1. The van der Waals surface area contributed by atoms with Gasteiger partial charge in [0, 0.05) is 0 Å². The van der Waals surface area contributed by atoms with E-state index in [2.05, 4.69) is 0 Å². The molecule has 0 saturated carbocycles. The van der Waals surface area contributed by atoms with Crippen molar-refractivity contribution in [2.45, 2.75) is 63.7 Å². The van der Waals surface area contributed by atoms with Crippen molar-refractivity contribution in [2.24, 2.45) is 0 Å². The summed E-state index contributed by atoms with van der Waals surface area (Å²) in [6.45, 7) is 7.65. The predicted molar refractivity (Wildman–Crippen MR) is 106 cm³/mol. The van der Waals surface area contributed by atoms with Crippen LogP contribution in [0.2, 0.25) is 0 Å². The lowest BCUT2D eigenvalue weighted by Crippen LogP contribution is -2.60. The Labute approximate surface area is 176 Å². The van der Waals surface area contributed by atoms with Crippen molar-refractivity contribution in [3.63, 3.8) is 0 Å². The highest BCUT2D eigenvalue weighted by atomic mass is 16.8. The topological polar surface area (TPSA) is 81.7 Å². The molecule has 3 aliphatic rings. The van der Waals surface area contributed by atoms with Gasteiger partial charge in [-0.15, -0.1) is 0 Å². The molecular weight excluding hydrogens is 392 g/mol. The van der Waals surface area contributed by atoms with E-state index in [1.165, 1.54) is 7.11 Å². The number of esters is 1. The van der Waals surface area contributed by atoms with Gasteiger partial charge in [-0.2, -0.15) is 0 Å². The standard InChI is InChI=1S/C22H28O8/c1-21(2)26-11-14-16(28-21)18-19(30-22(3,4)29-18)17(27-14)15(20(23)25-6)12-7-9-13(24-5)10-8-12/h7-10,14,16,18-19H,11H2,1-6H3/b17-15-/t14-,16-,18+,19-/m1/s1. The summed E-state index contributed by atoms with van der Waals surface area (Å²) < 4.78 is 40.9. The third kappa shape index (κ3) is 3.80. The Morgan fingerprint density at radius 1 is 0.967 bits per heavy atom. The van der Waals surface area contributed by atoms with E-state index in [4.69, 9.17) is 33.2 Å². The lowest BCUT2D eigenvalue weighted by Gasteiger charge is -2.47. The summed E-state index contributed by atoms with van der Waals surface area (Å²) in [4.78, 5) is 12.8. The van der Waals surface area contributed by atoms with Crippen LogP contribution in [0, 0.1) is 0 Å². The van der Waals surface area contributed by atoms with E-state index >= 15 is 0 Å². The Balaban J connectivity index is 1.81. The van der Waals surface area contributed by atoms with E-state index in [0.29, 0.717) is 23.7 Å². The summed E-state index contributed by atoms with van der Waals surface area (Å²) in [6.07, 6.45) is -1.95. The molecule has 1 aromatic carbocycles. The van der Waals surface area contributed by atoms with E-state index in [-0.39, 0.29) is 5.57 Å². The predicted octanol–water partition coefficient (Wildman–Crippen LogP) is 2.65. The number of hydrogen-bond acceptors (Lipinski definition) is 8. The van der Waals surface area contributed by atoms with Gasteiger partial charge in [0.25, 0.3) is 0 Å². The second-order valence-corrected chi connectivity index (χ2v) is 8.43. The number of benzene rings is 1. The van der Waals surface area contributed by atoms with Crippen LogP contribution in [0.25, 0.3) is 5.57 Å². The lowest BCUT2D eigenvalue weighted by atomic mass is 9.92. The summed E-state index contributed by atoms with van der Waals surface area (Å²) in [5, 5.41) is 0. The molecule has 4 rings (SSSR count). The van der Waals surface area contributed by atoms with Crippen LogP contribution in [0.3, 0.4) is 0 Å². The van der Waals surface area contributed by atoms with E-state index in [9.17, 15) is 4.79 Å². The van der Waals surface area contributed by atoms with Gasteiger partial charge in [-0.1, -0.05) is 12.1 Å². The average Bonchev–Trinajstić information content (AvgIpc) is 3.04. The molecule has 0 N–H and O–H groups in total. The Kier molecular flexibility index (Phi) is 5.30. The summed E-state index contributed by atoms with van der Waals surface area (Å²) in [7, 11) is 2.92. The highest BCUT2D eigenvalue weighted by Crippen LogP contribution is 2.45. The first-order chi connectivity index (χ1) is 14.1. The molecule has 8 heteroatoms. The molecule has 0 radical (unpaired) electrons. The van der Waals surface area contributed by atoms with Gasteiger partial charge in [-0.05, 0) is 45.4 Å². The van der Waals surface area contributed by atoms with E-state index in [1.807, 2.05) is 27.7 Å². The van der Waals surface area contributed by atoms with Crippen LogP contribution in [0.4, 0.5) is 0 Å². The maximum absolute atomic E-state index is 12.8. The maximum Gasteiger partial charge on any atom is 0.342 e. The van der Waals surface area contributed by atoms with Crippen LogP contribution in [0.5, 0.6) is 5.75 Å². The molecule has 3 saturated heterocycles. The third-order valence-corrected chi connectivity index (χ3v) is 5.39. The lowest BCUT2D eigenvalue weighted by molar-refractivity contribution is -0.331. The molecule has 3 aliphatic heterocycles. The van der Waals surface area contributed by atoms with Gasteiger partial charge >= 0.3 is 5.97 Å². The van der Waals surface area contributed by atoms with Gasteiger partial charge in [0.1, 0.15) is 35.4 Å². The first-order valence-electron chi connectivity index (χ1n) is 9.95. The SMILES string of the molecule is COC(=O)/C(=C1\O[C@@H]2COC(C)(C)O[C@H]2[C@@H]2OC(C)(C)O[C@H]12)c1ccc(OC)cc1. The van der Waals surface area contributed by atoms with Crippen molar-refractivity contribution < 1.29 is 38.0 Å². The molecule has 164 valence electrons. The molecule has 3 heterocycles. The van der Waals surface area contributed by atoms with Gasteiger partial charge in [-0.3, -0.25) is 0 Å². The van der Waals surface area contributed by atoms with Crippen LogP contribution in [0.1, 0.15) is 33.3 Å². The molecular formula is C22H28O8. The zero-order valence-corrected chi connectivity index (χ0v) is 18.1. The molecule has 30 heavy (non-hydrogen) atoms. The number of rotatable bonds is 3. The molecule has 0 aliphatic carbocycles. The number of ether oxygens (including phenoxy) is 7. The fourth-order valence-electron chi connectivity index (χ4n) is 4.08. The highest BCUT2D eigenvalue weighted by Gasteiger charge is 2.58. The van der Waals surface area contributed by atoms with Gasteiger partial charge in [0.15, 0.2) is 17.7 Å². The Morgan fingerprint density at radius 2 is 1.63 bits per heavy atom. The number of methoxy groups -OCH3 is 2. The monoisotopic (exact) mass is 420 g/mol. The smallest absolute Gasteiger partial charge is 0.342 e. The largest absolute Gasteiger partial charge is 0.497 e. The van der Waals surface area contributed by atoms with Gasteiger partial charge < -0.3 is 33.2 Å². The maximum atomic E-state index is 12.8. The van der Waals surface area contributed by atoms with E-state index < -0.39 is 42.0 Å². The minimum Gasteiger partial charge on any atom is -0.497 e.